The quantitative estimate of drug-likeness (QED) is 0.624. The largest absolute Gasteiger partial charge is 0.459 e. The summed E-state index contributed by atoms with van der Waals surface area (Å²) in [5, 5.41) is 0. The normalized spacial score (nSPS) is 27.1. The molecule has 0 saturated carbocycles. The minimum Gasteiger partial charge on any atom is -0.459 e. The number of hydrogen-bond acceptors (Lipinski definition) is 5. The van der Waals surface area contributed by atoms with E-state index in [9.17, 15) is 9.59 Å². The van der Waals surface area contributed by atoms with Gasteiger partial charge >= 0.3 is 5.97 Å². The van der Waals surface area contributed by atoms with Crippen molar-refractivity contribution in [2.45, 2.75) is 42.2 Å². The smallest absolute Gasteiger partial charge is 0.330 e. The minimum atomic E-state index is -0.435. The number of nitrogens with zero attached hydrogens (tertiary/aromatic N) is 1. The molecule has 1 aromatic carbocycles. The first-order valence-electron chi connectivity index (χ1n) is 7.29. The Balaban J connectivity index is 1.61. The molecule has 0 aliphatic carbocycles. The van der Waals surface area contributed by atoms with Gasteiger partial charge in [-0.3, -0.25) is 4.79 Å². The van der Waals surface area contributed by atoms with E-state index in [-0.39, 0.29) is 23.4 Å². The number of ether oxygens (including phenoxy) is 1. The van der Waals surface area contributed by atoms with E-state index >= 15 is 0 Å². The van der Waals surface area contributed by atoms with Crippen LogP contribution in [-0.2, 0) is 20.9 Å². The molecule has 0 N–H and O–H groups in total. The monoisotopic (exact) mass is 337 g/mol. The Morgan fingerprint density at radius 2 is 2.18 bits per heavy atom. The molecule has 1 amide bonds. The Labute approximate surface area is 139 Å². The predicted octanol–water partition coefficient (Wildman–Crippen LogP) is 2.91. The van der Waals surface area contributed by atoms with Gasteiger partial charge in [-0.05, 0) is 37.3 Å². The van der Waals surface area contributed by atoms with Crippen molar-refractivity contribution in [1.29, 1.82) is 0 Å². The molecular formula is C16H19NO3S2. The first-order chi connectivity index (χ1) is 10.5. The molecule has 1 aromatic rings. The lowest BCUT2D eigenvalue weighted by Gasteiger charge is -2.29. The predicted molar refractivity (Wildman–Crippen MR) is 88.8 cm³/mol. The number of benzene rings is 1. The SMILES string of the molecule is CSc1ccc(COC(=O)[C@@H]2CS[C@]3(C)CCC(=O)N23)cc1. The summed E-state index contributed by atoms with van der Waals surface area (Å²) < 4.78 is 5.43. The lowest BCUT2D eigenvalue weighted by Crippen LogP contribution is -2.46. The van der Waals surface area contributed by atoms with Crippen molar-refractivity contribution in [3.8, 4) is 0 Å². The second kappa shape index (κ2) is 6.16. The van der Waals surface area contributed by atoms with E-state index < -0.39 is 6.04 Å². The number of carbonyl (C=O) groups excluding carboxylic acids is 2. The van der Waals surface area contributed by atoms with Gasteiger partial charge in [0, 0.05) is 17.1 Å². The van der Waals surface area contributed by atoms with Gasteiger partial charge in [0.25, 0.3) is 0 Å². The van der Waals surface area contributed by atoms with Crippen LogP contribution < -0.4 is 0 Å². The van der Waals surface area contributed by atoms with E-state index in [0.29, 0.717) is 12.2 Å². The molecule has 4 nitrogen and oxygen atoms in total. The Hall–Kier alpha value is -1.14. The van der Waals surface area contributed by atoms with Crippen LogP contribution in [0.5, 0.6) is 0 Å². The van der Waals surface area contributed by atoms with Gasteiger partial charge in [0.2, 0.25) is 5.91 Å². The van der Waals surface area contributed by atoms with Gasteiger partial charge in [-0.1, -0.05) is 12.1 Å². The van der Waals surface area contributed by atoms with Crippen molar-refractivity contribution >= 4 is 35.4 Å². The molecule has 6 heteroatoms. The zero-order valence-corrected chi connectivity index (χ0v) is 14.3. The Morgan fingerprint density at radius 1 is 1.45 bits per heavy atom. The molecular weight excluding hydrogens is 318 g/mol. The molecule has 0 spiro atoms. The molecule has 2 aliphatic heterocycles. The van der Waals surface area contributed by atoms with Crippen LogP contribution in [0.3, 0.4) is 0 Å². The summed E-state index contributed by atoms with van der Waals surface area (Å²) >= 11 is 3.36. The van der Waals surface area contributed by atoms with Gasteiger partial charge < -0.3 is 9.64 Å². The summed E-state index contributed by atoms with van der Waals surface area (Å²) in [6, 6.07) is 7.53. The van der Waals surface area contributed by atoms with Gasteiger partial charge in [0.05, 0.1) is 4.87 Å². The fraction of sp³-hybridized carbons (Fsp3) is 0.500. The number of hydrogen-bond donors (Lipinski definition) is 0. The van der Waals surface area contributed by atoms with Gasteiger partial charge in [-0.2, -0.15) is 0 Å². The fourth-order valence-corrected chi connectivity index (χ4v) is 4.79. The third-order valence-electron chi connectivity index (χ3n) is 4.26. The number of rotatable bonds is 4. The van der Waals surface area contributed by atoms with E-state index in [1.54, 1.807) is 28.4 Å². The molecule has 0 radical (unpaired) electrons. The highest BCUT2D eigenvalue weighted by Gasteiger charge is 2.53. The zero-order chi connectivity index (χ0) is 15.7. The summed E-state index contributed by atoms with van der Waals surface area (Å²) in [5.74, 6) is 0.408. The van der Waals surface area contributed by atoms with Crippen LogP contribution in [-0.4, -0.2) is 39.7 Å². The fourth-order valence-electron chi connectivity index (χ4n) is 2.97. The van der Waals surface area contributed by atoms with Crippen molar-refractivity contribution in [2.75, 3.05) is 12.0 Å². The van der Waals surface area contributed by atoms with Crippen LogP contribution in [0.15, 0.2) is 29.2 Å². The lowest BCUT2D eigenvalue weighted by atomic mass is 10.2. The maximum atomic E-state index is 12.3. The van der Waals surface area contributed by atoms with E-state index in [1.807, 2.05) is 37.4 Å². The molecule has 0 bridgehead atoms. The number of esters is 1. The molecule has 0 unspecified atom stereocenters. The maximum absolute atomic E-state index is 12.3. The Kier molecular flexibility index (Phi) is 4.41. The molecule has 0 aromatic heterocycles. The molecule has 2 saturated heterocycles. The highest BCUT2D eigenvalue weighted by atomic mass is 32.2. The van der Waals surface area contributed by atoms with Crippen LogP contribution in [0.2, 0.25) is 0 Å². The van der Waals surface area contributed by atoms with Gasteiger partial charge in [0.1, 0.15) is 12.6 Å². The highest BCUT2D eigenvalue weighted by Crippen LogP contribution is 2.47. The second-order valence-corrected chi connectivity index (χ2v) is 8.10. The van der Waals surface area contributed by atoms with Gasteiger partial charge in [-0.15, -0.1) is 23.5 Å². The first-order valence-corrected chi connectivity index (χ1v) is 9.50. The molecule has 2 heterocycles. The van der Waals surface area contributed by atoms with Crippen LogP contribution in [0.25, 0.3) is 0 Å². The Bertz CT molecular complexity index is 590. The molecule has 118 valence electrons. The van der Waals surface area contributed by atoms with E-state index in [2.05, 4.69) is 0 Å². The topological polar surface area (TPSA) is 46.6 Å². The zero-order valence-electron chi connectivity index (χ0n) is 12.7. The second-order valence-electron chi connectivity index (χ2n) is 5.72. The van der Waals surface area contributed by atoms with E-state index in [4.69, 9.17) is 4.74 Å². The summed E-state index contributed by atoms with van der Waals surface area (Å²) in [5.41, 5.74) is 0.965. The van der Waals surface area contributed by atoms with Gasteiger partial charge in [0.15, 0.2) is 0 Å². The summed E-state index contributed by atoms with van der Waals surface area (Å²) in [4.78, 5) is 27.1. The first kappa shape index (κ1) is 15.7. The maximum Gasteiger partial charge on any atom is 0.330 e. The lowest BCUT2D eigenvalue weighted by molar-refractivity contribution is -0.154. The molecule has 2 fully saturated rings. The third-order valence-corrected chi connectivity index (χ3v) is 6.51. The average molecular weight is 337 g/mol. The molecule has 2 atom stereocenters. The number of amides is 1. The standard InChI is InChI=1S/C16H19NO3S2/c1-16-8-7-14(18)17(16)13(10-22-16)15(19)20-9-11-3-5-12(21-2)6-4-11/h3-6,13H,7-10H2,1-2H3/t13-,16+/m0/s1. The Morgan fingerprint density at radius 3 is 2.86 bits per heavy atom. The average Bonchev–Trinajstić information content (AvgIpc) is 3.02. The highest BCUT2D eigenvalue weighted by molar-refractivity contribution is 8.01. The van der Waals surface area contributed by atoms with Crippen molar-refractivity contribution in [1.82, 2.24) is 4.90 Å². The summed E-state index contributed by atoms with van der Waals surface area (Å²) in [6.45, 7) is 2.30. The molecule has 3 rings (SSSR count). The van der Waals surface area contributed by atoms with Crippen LogP contribution in [0, 0.1) is 0 Å². The summed E-state index contributed by atoms with van der Waals surface area (Å²) in [7, 11) is 0. The van der Waals surface area contributed by atoms with Gasteiger partial charge in [-0.25, -0.2) is 4.79 Å². The van der Waals surface area contributed by atoms with E-state index in [1.165, 1.54) is 4.90 Å². The minimum absolute atomic E-state index is 0.0683. The van der Waals surface area contributed by atoms with Crippen molar-refractivity contribution in [2.24, 2.45) is 0 Å². The number of thioether (sulfide) groups is 2. The van der Waals surface area contributed by atoms with Crippen molar-refractivity contribution in [3.05, 3.63) is 29.8 Å². The van der Waals surface area contributed by atoms with Crippen molar-refractivity contribution < 1.29 is 14.3 Å². The molecule has 2 aliphatic rings. The third kappa shape index (κ3) is 2.86. The van der Waals surface area contributed by atoms with Crippen molar-refractivity contribution in [3.63, 3.8) is 0 Å². The van der Waals surface area contributed by atoms with Crippen LogP contribution in [0.4, 0.5) is 0 Å². The summed E-state index contributed by atoms with van der Waals surface area (Å²) in [6.07, 6.45) is 3.37. The van der Waals surface area contributed by atoms with E-state index in [0.717, 1.165) is 12.0 Å². The van der Waals surface area contributed by atoms with Crippen LogP contribution in [0.1, 0.15) is 25.3 Å². The molecule has 22 heavy (non-hydrogen) atoms. The number of fused-ring (bicyclic) bond motifs is 1. The number of carbonyl (C=O) groups is 2. The van der Waals surface area contributed by atoms with Crippen LogP contribution >= 0.6 is 23.5 Å².